The normalized spacial score (nSPS) is 10.9. The average Bonchev–Trinajstić information content (AvgIpc) is 3.26. The highest BCUT2D eigenvalue weighted by atomic mass is 15.0. The molecule has 0 amide bonds. The van der Waals surface area contributed by atoms with E-state index in [-0.39, 0.29) is 0 Å². The van der Waals surface area contributed by atoms with Crippen molar-refractivity contribution in [1.82, 2.24) is 15.0 Å². The average molecular weight is 689 g/mol. The molecule has 9 rings (SSSR count). The zero-order valence-electron chi connectivity index (χ0n) is 29.3. The summed E-state index contributed by atoms with van der Waals surface area (Å²) in [6.45, 7) is 0. The Labute approximate surface area is 314 Å². The molecule has 0 aliphatic rings. The molecule has 1 heterocycles. The van der Waals surface area contributed by atoms with Crippen LogP contribution in [0.4, 0.5) is 0 Å². The maximum Gasteiger partial charge on any atom is 0.164 e. The summed E-state index contributed by atoms with van der Waals surface area (Å²) in [7, 11) is 0. The molecule has 0 radical (unpaired) electrons. The van der Waals surface area contributed by atoms with Crippen molar-refractivity contribution in [1.29, 1.82) is 5.26 Å². The van der Waals surface area contributed by atoms with E-state index in [4.69, 9.17) is 15.0 Å². The number of rotatable bonds is 7. The summed E-state index contributed by atoms with van der Waals surface area (Å²) in [5.41, 5.74) is 11.9. The van der Waals surface area contributed by atoms with E-state index in [2.05, 4.69) is 164 Å². The smallest absolute Gasteiger partial charge is 0.164 e. The number of hydrogen-bond donors (Lipinski definition) is 0. The number of fused-ring (bicyclic) bond motifs is 1. The zero-order chi connectivity index (χ0) is 36.3. The van der Waals surface area contributed by atoms with Gasteiger partial charge in [-0.05, 0) is 61.8 Å². The van der Waals surface area contributed by atoms with Crippen LogP contribution in [0.3, 0.4) is 0 Å². The molecule has 0 aliphatic carbocycles. The Morgan fingerprint density at radius 2 is 0.741 bits per heavy atom. The highest BCUT2D eigenvalue weighted by molar-refractivity contribution is 6.03. The number of aromatic nitrogens is 3. The molecular formula is C50H32N4. The van der Waals surface area contributed by atoms with Gasteiger partial charge in [0.2, 0.25) is 0 Å². The van der Waals surface area contributed by atoms with Crippen molar-refractivity contribution >= 4 is 10.8 Å². The lowest BCUT2D eigenvalue weighted by atomic mass is 9.88. The monoisotopic (exact) mass is 688 g/mol. The molecule has 0 bridgehead atoms. The lowest BCUT2D eigenvalue weighted by molar-refractivity contribution is 1.07. The molecule has 0 aliphatic heterocycles. The van der Waals surface area contributed by atoms with E-state index in [0.717, 1.165) is 72.0 Å². The number of hydrogen-bond acceptors (Lipinski definition) is 4. The molecule has 252 valence electrons. The molecule has 0 spiro atoms. The van der Waals surface area contributed by atoms with Crippen molar-refractivity contribution in [2.24, 2.45) is 0 Å². The van der Waals surface area contributed by atoms with Gasteiger partial charge in [0.15, 0.2) is 17.5 Å². The standard InChI is InChI=1S/C50H32N4/c51-33-34-21-23-40(24-22-34)47-45(44-18-9-16-39-15-7-8-17-43(39)44)19-10-20-46(47)50-53-48(41-29-25-37(26-30-41)35-11-3-1-4-12-35)52-49(54-50)42-31-27-38(28-32-42)36-13-5-2-6-14-36/h1-32H. The van der Waals surface area contributed by atoms with Gasteiger partial charge in [-0.1, -0.05) is 182 Å². The number of nitrogens with zero attached hydrogens (tertiary/aromatic N) is 4. The highest BCUT2D eigenvalue weighted by Gasteiger charge is 2.20. The molecule has 1 aromatic heterocycles. The summed E-state index contributed by atoms with van der Waals surface area (Å²) < 4.78 is 0. The summed E-state index contributed by atoms with van der Waals surface area (Å²) in [5, 5.41) is 12.0. The van der Waals surface area contributed by atoms with Crippen LogP contribution in [0.25, 0.3) is 89.4 Å². The van der Waals surface area contributed by atoms with Crippen molar-refractivity contribution in [3.8, 4) is 84.7 Å². The van der Waals surface area contributed by atoms with E-state index in [9.17, 15) is 5.26 Å². The molecule has 54 heavy (non-hydrogen) atoms. The quantitative estimate of drug-likeness (QED) is 0.167. The lowest BCUT2D eigenvalue weighted by Crippen LogP contribution is -2.02. The first-order valence-corrected chi connectivity index (χ1v) is 17.9. The van der Waals surface area contributed by atoms with Crippen molar-refractivity contribution in [2.75, 3.05) is 0 Å². The molecule has 0 N–H and O–H groups in total. The molecule has 0 saturated carbocycles. The van der Waals surface area contributed by atoms with Crippen molar-refractivity contribution in [2.45, 2.75) is 0 Å². The summed E-state index contributed by atoms with van der Waals surface area (Å²) >= 11 is 0. The molecule has 0 saturated heterocycles. The first-order valence-electron chi connectivity index (χ1n) is 17.9. The molecule has 8 aromatic carbocycles. The van der Waals surface area contributed by atoms with E-state index in [1.54, 1.807) is 0 Å². The van der Waals surface area contributed by atoms with Gasteiger partial charge >= 0.3 is 0 Å². The number of benzene rings is 8. The third-order valence-electron chi connectivity index (χ3n) is 9.82. The second-order valence-corrected chi connectivity index (χ2v) is 13.1. The van der Waals surface area contributed by atoms with Crippen LogP contribution in [0.2, 0.25) is 0 Å². The van der Waals surface area contributed by atoms with Crippen molar-refractivity contribution < 1.29 is 0 Å². The number of nitriles is 1. The van der Waals surface area contributed by atoms with Gasteiger partial charge in [0.25, 0.3) is 0 Å². The SMILES string of the molecule is N#Cc1ccc(-c2c(-c3nc(-c4ccc(-c5ccccc5)cc4)nc(-c4ccc(-c5ccccc5)cc4)n3)cccc2-c2cccc3ccccc23)cc1. The van der Waals surface area contributed by atoms with Crippen LogP contribution in [-0.4, -0.2) is 15.0 Å². The molecule has 0 fully saturated rings. The van der Waals surface area contributed by atoms with Gasteiger partial charge in [-0.25, -0.2) is 15.0 Å². The summed E-state index contributed by atoms with van der Waals surface area (Å²) in [6.07, 6.45) is 0. The van der Waals surface area contributed by atoms with Gasteiger partial charge in [0.05, 0.1) is 11.6 Å². The van der Waals surface area contributed by atoms with E-state index >= 15 is 0 Å². The van der Waals surface area contributed by atoms with Gasteiger partial charge in [0, 0.05) is 22.3 Å². The molecule has 0 atom stereocenters. The minimum Gasteiger partial charge on any atom is -0.208 e. The van der Waals surface area contributed by atoms with Crippen LogP contribution >= 0.6 is 0 Å². The first-order chi connectivity index (χ1) is 26.7. The van der Waals surface area contributed by atoms with Crippen LogP contribution in [0, 0.1) is 11.3 Å². The van der Waals surface area contributed by atoms with Gasteiger partial charge < -0.3 is 0 Å². The van der Waals surface area contributed by atoms with E-state index in [0.29, 0.717) is 23.0 Å². The molecular weight excluding hydrogens is 657 g/mol. The largest absolute Gasteiger partial charge is 0.208 e. The maximum atomic E-state index is 9.65. The second kappa shape index (κ2) is 14.3. The maximum absolute atomic E-state index is 9.65. The van der Waals surface area contributed by atoms with Gasteiger partial charge in [-0.2, -0.15) is 5.26 Å². The Bertz CT molecular complexity index is 2680. The molecule has 9 aromatic rings. The fourth-order valence-corrected chi connectivity index (χ4v) is 7.09. The molecule has 4 nitrogen and oxygen atoms in total. The fourth-order valence-electron chi connectivity index (χ4n) is 7.09. The predicted molar refractivity (Wildman–Crippen MR) is 220 cm³/mol. The third-order valence-corrected chi connectivity index (χ3v) is 9.82. The van der Waals surface area contributed by atoms with Gasteiger partial charge in [0.1, 0.15) is 0 Å². The van der Waals surface area contributed by atoms with Crippen LogP contribution in [-0.2, 0) is 0 Å². The van der Waals surface area contributed by atoms with Gasteiger partial charge in [-0.3, -0.25) is 0 Å². The Morgan fingerprint density at radius 1 is 0.315 bits per heavy atom. The third kappa shape index (κ3) is 6.32. The lowest BCUT2D eigenvalue weighted by Gasteiger charge is -2.18. The van der Waals surface area contributed by atoms with Crippen LogP contribution in [0.15, 0.2) is 194 Å². The first kappa shape index (κ1) is 32.4. The molecule has 0 unspecified atom stereocenters. The summed E-state index contributed by atoms with van der Waals surface area (Å²) in [4.78, 5) is 15.5. The Kier molecular flexibility index (Phi) is 8.57. The fraction of sp³-hybridized carbons (Fsp3) is 0. The van der Waals surface area contributed by atoms with Crippen LogP contribution < -0.4 is 0 Å². The van der Waals surface area contributed by atoms with E-state index in [1.165, 1.54) is 0 Å². The Hall–Kier alpha value is -7.48. The van der Waals surface area contributed by atoms with Crippen molar-refractivity contribution in [3.63, 3.8) is 0 Å². The summed E-state index contributed by atoms with van der Waals surface area (Å²) in [6, 6.07) is 68.7. The highest BCUT2D eigenvalue weighted by Crippen LogP contribution is 2.42. The molecule has 4 heteroatoms. The Balaban J connectivity index is 1.25. The van der Waals surface area contributed by atoms with Crippen LogP contribution in [0.1, 0.15) is 5.56 Å². The van der Waals surface area contributed by atoms with E-state index < -0.39 is 0 Å². The summed E-state index contributed by atoms with van der Waals surface area (Å²) in [5.74, 6) is 1.74. The zero-order valence-corrected chi connectivity index (χ0v) is 29.3. The predicted octanol–water partition coefficient (Wildman–Crippen LogP) is 12.6. The topological polar surface area (TPSA) is 62.5 Å². The van der Waals surface area contributed by atoms with Crippen molar-refractivity contribution in [3.05, 3.63) is 200 Å². The van der Waals surface area contributed by atoms with Crippen LogP contribution in [0.5, 0.6) is 0 Å². The Morgan fingerprint density at radius 3 is 1.33 bits per heavy atom. The second-order valence-electron chi connectivity index (χ2n) is 13.1. The van der Waals surface area contributed by atoms with E-state index in [1.807, 2.05) is 36.4 Å². The minimum atomic E-state index is 0.565. The minimum absolute atomic E-state index is 0.565. The van der Waals surface area contributed by atoms with Gasteiger partial charge in [-0.15, -0.1) is 0 Å².